The second-order valence-electron chi connectivity index (χ2n) is 9.05. The Labute approximate surface area is 144 Å². The second kappa shape index (κ2) is 4.77. The van der Waals surface area contributed by atoms with E-state index in [2.05, 4.69) is 34.1 Å². The summed E-state index contributed by atoms with van der Waals surface area (Å²) in [4.78, 5) is 17.8. The Morgan fingerprint density at radius 3 is 2.38 bits per heavy atom. The van der Waals surface area contributed by atoms with Crippen molar-refractivity contribution in [1.82, 2.24) is 4.90 Å². The number of carbonyl (C=O) groups is 1. The predicted octanol–water partition coefficient (Wildman–Crippen LogP) is 4.07. The molecule has 2 heterocycles. The number of anilines is 1. The van der Waals surface area contributed by atoms with Gasteiger partial charge in [-0.3, -0.25) is 4.90 Å². The van der Waals surface area contributed by atoms with Crippen LogP contribution in [0.15, 0.2) is 24.3 Å². The first-order valence-corrected chi connectivity index (χ1v) is 9.95. The number of carbonyl (C=O) groups excluding carboxylic acids is 1. The van der Waals surface area contributed by atoms with Crippen molar-refractivity contribution in [1.29, 1.82) is 0 Å². The Morgan fingerprint density at radius 2 is 1.62 bits per heavy atom. The van der Waals surface area contributed by atoms with E-state index >= 15 is 0 Å². The maximum absolute atomic E-state index is 13.4. The summed E-state index contributed by atoms with van der Waals surface area (Å²) in [5.74, 6) is 3.54. The Kier molecular flexibility index (Phi) is 2.73. The molecular formula is C21H26N2O. The summed E-state index contributed by atoms with van der Waals surface area (Å²) in [7, 11) is 0. The lowest BCUT2D eigenvalue weighted by Crippen LogP contribution is -2.56. The third kappa shape index (κ3) is 1.76. The van der Waals surface area contributed by atoms with E-state index in [4.69, 9.17) is 0 Å². The van der Waals surface area contributed by atoms with Gasteiger partial charge in [0.25, 0.3) is 0 Å². The number of hydrogen-bond donors (Lipinski definition) is 0. The average molecular weight is 322 g/mol. The Bertz CT molecular complexity index is 671. The van der Waals surface area contributed by atoms with Crippen LogP contribution in [0.2, 0.25) is 0 Å². The minimum atomic E-state index is 0.310. The van der Waals surface area contributed by atoms with Gasteiger partial charge in [-0.1, -0.05) is 18.2 Å². The molecule has 2 aliphatic heterocycles. The van der Waals surface area contributed by atoms with Crippen molar-refractivity contribution in [2.24, 2.45) is 23.7 Å². The lowest BCUT2D eigenvalue weighted by Gasteiger charge is -2.56. The number of para-hydroxylation sites is 1. The van der Waals surface area contributed by atoms with Crippen LogP contribution in [-0.4, -0.2) is 29.6 Å². The molecule has 2 amide bonds. The summed E-state index contributed by atoms with van der Waals surface area (Å²) < 4.78 is 0. The molecule has 1 aromatic rings. The molecule has 3 nitrogen and oxygen atoms in total. The number of aryl methyl sites for hydroxylation is 1. The molecule has 24 heavy (non-hydrogen) atoms. The van der Waals surface area contributed by atoms with Crippen LogP contribution < -0.4 is 4.90 Å². The lowest BCUT2D eigenvalue weighted by molar-refractivity contribution is -0.0470. The van der Waals surface area contributed by atoms with Crippen LogP contribution in [-0.2, 0) is 6.42 Å². The quantitative estimate of drug-likeness (QED) is 0.764. The fourth-order valence-corrected chi connectivity index (χ4v) is 7.14. The summed E-state index contributed by atoms with van der Waals surface area (Å²) in [6.45, 7) is 0.972. The molecule has 1 saturated heterocycles. The molecule has 0 aromatic heterocycles. The Morgan fingerprint density at radius 1 is 0.917 bits per heavy atom. The van der Waals surface area contributed by atoms with Crippen LogP contribution >= 0.6 is 0 Å². The molecule has 3 heteroatoms. The summed E-state index contributed by atoms with van der Waals surface area (Å²) in [5, 5.41) is 0. The maximum Gasteiger partial charge on any atom is 0.325 e. The summed E-state index contributed by atoms with van der Waals surface area (Å²) in [5.41, 5.74) is 2.54. The first-order valence-electron chi connectivity index (χ1n) is 9.95. The molecule has 0 radical (unpaired) electrons. The van der Waals surface area contributed by atoms with Crippen molar-refractivity contribution < 1.29 is 4.79 Å². The Hall–Kier alpha value is -1.51. The van der Waals surface area contributed by atoms with Gasteiger partial charge in [0, 0.05) is 18.3 Å². The van der Waals surface area contributed by atoms with E-state index in [-0.39, 0.29) is 0 Å². The fraction of sp³-hybridized carbons (Fsp3) is 0.667. The average Bonchev–Trinajstić information content (AvgIpc) is 2.91. The van der Waals surface area contributed by atoms with Crippen LogP contribution in [0.5, 0.6) is 0 Å². The van der Waals surface area contributed by atoms with Gasteiger partial charge in [-0.2, -0.15) is 0 Å². The molecule has 1 aromatic carbocycles. The van der Waals surface area contributed by atoms with Crippen LogP contribution in [0.1, 0.15) is 44.1 Å². The summed E-state index contributed by atoms with van der Waals surface area (Å²) in [6.07, 6.45) is 9.30. The molecule has 4 saturated carbocycles. The smallest absolute Gasteiger partial charge is 0.319 e. The van der Waals surface area contributed by atoms with Gasteiger partial charge in [0.2, 0.25) is 0 Å². The van der Waals surface area contributed by atoms with Crippen molar-refractivity contribution in [3.63, 3.8) is 0 Å². The number of amides is 2. The molecule has 0 N–H and O–H groups in total. The largest absolute Gasteiger partial charge is 0.325 e. The number of hydrogen-bond acceptors (Lipinski definition) is 1. The minimum Gasteiger partial charge on any atom is -0.319 e. The van der Waals surface area contributed by atoms with E-state index < -0.39 is 0 Å². The number of rotatable bonds is 1. The van der Waals surface area contributed by atoms with Crippen molar-refractivity contribution in [3.8, 4) is 0 Å². The molecule has 1 atom stereocenters. The monoisotopic (exact) mass is 322 g/mol. The van der Waals surface area contributed by atoms with E-state index in [1.807, 2.05) is 0 Å². The number of urea groups is 1. The van der Waals surface area contributed by atoms with Crippen molar-refractivity contribution in [2.75, 3.05) is 11.4 Å². The third-order valence-electron chi connectivity index (χ3n) is 7.76. The van der Waals surface area contributed by atoms with E-state index in [0.29, 0.717) is 18.1 Å². The first kappa shape index (κ1) is 13.7. The van der Waals surface area contributed by atoms with Crippen LogP contribution in [0, 0.1) is 23.7 Å². The molecule has 126 valence electrons. The predicted molar refractivity (Wildman–Crippen MR) is 94.0 cm³/mol. The molecule has 5 fully saturated rings. The van der Waals surface area contributed by atoms with Gasteiger partial charge in [-0.05, 0) is 80.2 Å². The van der Waals surface area contributed by atoms with Crippen molar-refractivity contribution >= 4 is 11.7 Å². The third-order valence-corrected chi connectivity index (χ3v) is 7.76. The van der Waals surface area contributed by atoms with Gasteiger partial charge >= 0.3 is 6.03 Å². The van der Waals surface area contributed by atoms with Crippen LogP contribution in [0.25, 0.3) is 0 Å². The molecular weight excluding hydrogens is 296 g/mol. The molecule has 0 spiro atoms. The van der Waals surface area contributed by atoms with Gasteiger partial charge in [-0.15, -0.1) is 0 Å². The molecule has 6 aliphatic rings. The van der Waals surface area contributed by atoms with Crippen LogP contribution in [0.3, 0.4) is 0 Å². The summed E-state index contributed by atoms with van der Waals surface area (Å²) >= 11 is 0. The van der Waals surface area contributed by atoms with Gasteiger partial charge in [0.1, 0.15) is 0 Å². The van der Waals surface area contributed by atoms with Crippen molar-refractivity contribution in [2.45, 2.75) is 57.0 Å². The zero-order valence-electron chi connectivity index (χ0n) is 14.2. The molecule has 7 rings (SSSR count). The van der Waals surface area contributed by atoms with Crippen molar-refractivity contribution in [3.05, 3.63) is 29.8 Å². The topological polar surface area (TPSA) is 23.6 Å². The van der Waals surface area contributed by atoms with E-state index in [0.717, 1.165) is 43.1 Å². The standard InChI is InChI=1S/C21H26N2O/c24-21-22(20-16-8-13-7-14(10-16)11-17(20)9-13)12-18-6-5-15-3-1-2-4-19(15)23(18)21/h1-4,13-14,16-18,20H,5-12H2. The van der Waals surface area contributed by atoms with E-state index in [1.54, 1.807) is 0 Å². The molecule has 4 aliphatic carbocycles. The summed E-state index contributed by atoms with van der Waals surface area (Å²) in [6, 6.07) is 9.80. The number of benzene rings is 1. The zero-order chi connectivity index (χ0) is 15.8. The highest BCUT2D eigenvalue weighted by Gasteiger charge is 2.54. The van der Waals surface area contributed by atoms with E-state index in [9.17, 15) is 4.79 Å². The van der Waals surface area contributed by atoms with Gasteiger partial charge in [-0.25, -0.2) is 4.79 Å². The van der Waals surface area contributed by atoms with E-state index in [1.165, 1.54) is 43.4 Å². The Balaban J connectivity index is 1.34. The number of fused-ring (bicyclic) bond motifs is 3. The number of nitrogens with zero attached hydrogens (tertiary/aromatic N) is 2. The normalized spacial score (nSPS) is 42.4. The highest BCUT2D eigenvalue weighted by Crippen LogP contribution is 2.56. The SMILES string of the molecule is O=C1N(C2C3CC4CC(C3)CC2C4)CC2CCc3ccccc3N12. The minimum absolute atomic E-state index is 0.310. The highest BCUT2D eigenvalue weighted by atomic mass is 16.2. The first-order chi connectivity index (χ1) is 11.8. The van der Waals surface area contributed by atoms with Gasteiger partial charge < -0.3 is 4.90 Å². The lowest BCUT2D eigenvalue weighted by atomic mass is 9.54. The fourth-order valence-electron chi connectivity index (χ4n) is 7.14. The van der Waals surface area contributed by atoms with Gasteiger partial charge in [0.15, 0.2) is 0 Å². The molecule has 4 bridgehead atoms. The van der Waals surface area contributed by atoms with Crippen LogP contribution in [0.4, 0.5) is 10.5 Å². The highest BCUT2D eigenvalue weighted by molar-refractivity contribution is 5.96. The second-order valence-corrected chi connectivity index (χ2v) is 9.05. The molecule has 1 unspecified atom stereocenters. The zero-order valence-corrected chi connectivity index (χ0v) is 14.2. The van der Waals surface area contributed by atoms with Gasteiger partial charge in [0.05, 0.1) is 6.04 Å². The maximum atomic E-state index is 13.4.